The summed E-state index contributed by atoms with van der Waals surface area (Å²) in [6, 6.07) is 14.9. The maximum atomic E-state index is 13.0. The van der Waals surface area contributed by atoms with Crippen molar-refractivity contribution < 1.29 is 4.79 Å². The van der Waals surface area contributed by atoms with Crippen LogP contribution < -0.4 is 5.32 Å². The van der Waals surface area contributed by atoms with Gasteiger partial charge in [0, 0.05) is 16.2 Å². The van der Waals surface area contributed by atoms with Crippen LogP contribution in [-0.4, -0.2) is 25.5 Å². The maximum absolute atomic E-state index is 13.0. The number of aromatic nitrogens is 4. The number of para-hydroxylation sites is 1. The highest BCUT2D eigenvalue weighted by atomic mass is 35.5. The van der Waals surface area contributed by atoms with Crippen LogP contribution in [0.4, 0.5) is 5.82 Å². The number of carbonyl (C=O) groups excluding carboxylic acids is 1. The van der Waals surface area contributed by atoms with E-state index in [0.717, 1.165) is 16.9 Å². The van der Waals surface area contributed by atoms with E-state index in [-0.39, 0.29) is 11.7 Å². The molecule has 2 aromatic heterocycles. The van der Waals surface area contributed by atoms with Crippen LogP contribution in [0.1, 0.15) is 27.3 Å². The fourth-order valence-electron chi connectivity index (χ4n) is 3.35. The van der Waals surface area contributed by atoms with Crippen molar-refractivity contribution in [1.82, 2.24) is 19.6 Å². The Morgan fingerprint density at radius 3 is 2.45 bits per heavy atom. The van der Waals surface area contributed by atoms with Gasteiger partial charge in [-0.05, 0) is 43.7 Å². The van der Waals surface area contributed by atoms with Gasteiger partial charge < -0.3 is 5.32 Å². The molecule has 0 aliphatic heterocycles. The Hall–Kier alpha value is -2.80. The minimum atomic E-state index is -0.325. The van der Waals surface area contributed by atoms with E-state index in [0.29, 0.717) is 32.9 Å². The first-order chi connectivity index (χ1) is 14.8. The van der Waals surface area contributed by atoms with E-state index in [1.54, 1.807) is 34.6 Å². The van der Waals surface area contributed by atoms with Crippen LogP contribution in [0.3, 0.4) is 0 Å². The lowest BCUT2D eigenvalue weighted by molar-refractivity contribution is 0.102. The summed E-state index contributed by atoms with van der Waals surface area (Å²) in [5, 5.41) is 13.1. The minimum absolute atomic E-state index is 0.267. The normalized spacial score (nSPS) is 11.0. The van der Waals surface area contributed by atoms with Crippen molar-refractivity contribution in [2.45, 2.75) is 20.4 Å². The monoisotopic (exact) mass is 473 g/mol. The molecule has 0 unspecified atom stereocenters. The first kappa shape index (κ1) is 21.4. The summed E-state index contributed by atoms with van der Waals surface area (Å²) in [4.78, 5) is 13.0. The third-order valence-corrected chi connectivity index (χ3v) is 5.68. The van der Waals surface area contributed by atoms with Gasteiger partial charge in [-0.15, -0.1) is 0 Å². The zero-order chi connectivity index (χ0) is 22.1. The van der Waals surface area contributed by atoms with E-state index in [2.05, 4.69) is 15.5 Å². The number of halogens is 3. The Balaban J connectivity index is 1.56. The Labute approximate surface area is 194 Å². The molecule has 0 bridgehead atoms. The van der Waals surface area contributed by atoms with Gasteiger partial charge in [0.05, 0.1) is 29.2 Å². The molecule has 0 aliphatic carbocycles. The summed E-state index contributed by atoms with van der Waals surface area (Å²) < 4.78 is 3.35. The molecular formula is C22H18Cl3N5O. The molecule has 9 heteroatoms. The van der Waals surface area contributed by atoms with Gasteiger partial charge in [0.2, 0.25) is 0 Å². The first-order valence-corrected chi connectivity index (χ1v) is 10.6. The summed E-state index contributed by atoms with van der Waals surface area (Å²) in [7, 11) is 0. The lowest BCUT2D eigenvalue weighted by Gasteiger charge is -2.06. The van der Waals surface area contributed by atoms with Gasteiger partial charge in [-0.3, -0.25) is 9.48 Å². The van der Waals surface area contributed by atoms with Gasteiger partial charge in [-0.25, -0.2) is 4.68 Å². The summed E-state index contributed by atoms with van der Waals surface area (Å²) in [6.45, 7) is 4.03. The van der Waals surface area contributed by atoms with Crippen LogP contribution >= 0.6 is 34.8 Å². The summed E-state index contributed by atoms with van der Waals surface area (Å²) in [5.41, 5.74) is 3.53. The molecule has 0 atom stereocenters. The first-order valence-electron chi connectivity index (χ1n) is 9.43. The van der Waals surface area contributed by atoms with Crippen LogP contribution in [0.2, 0.25) is 15.1 Å². The van der Waals surface area contributed by atoms with E-state index >= 15 is 0 Å². The molecule has 1 amide bonds. The predicted molar refractivity (Wildman–Crippen MR) is 124 cm³/mol. The van der Waals surface area contributed by atoms with E-state index < -0.39 is 0 Å². The second-order valence-electron chi connectivity index (χ2n) is 7.01. The van der Waals surface area contributed by atoms with Crippen molar-refractivity contribution in [2.75, 3.05) is 5.32 Å². The summed E-state index contributed by atoms with van der Waals surface area (Å²) in [5.74, 6) is -0.0585. The maximum Gasteiger partial charge on any atom is 0.260 e. The molecule has 0 saturated carbocycles. The topological polar surface area (TPSA) is 64.7 Å². The molecule has 1 N–H and O–H groups in total. The molecule has 0 spiro atoms. The number of nitrogens with zero attached hydrogens (tertiary/aromatic N) is 4. The van der Waals surface area contributed by atoms with Gasteiger partial charge in [0.1, 0.15) is 5.02 Å². The average Bonchev–Trinajstić information content (AvgIpc) is 3.23. The third kappa shape index (κ3) is 4.46. The van der Waals surface area contributed by atoms with E-state index in [1.165, 1.54) is 0 Å². The molecule has 0 radical (unpaired) electrons. The fraction of sp³-hybridized carbons (Fsp3) is 0.136. The highest BCUT2D eigenvalue weighted by molar-refractivity contribution is 6.35. The molecule has 31 heavy (non-hydrogen) atoms. The summed E-state index contributed by atoms with van der Waals surface area (Å²) in [6.07, 6.45) is 1.63. The third-order valence-electron chi connectivity index (χ3n) is 4.82. The number of anilines is 1. The van der Waals surface area contributed by atoms with E-state index in [9.17, 15) is 4.79 Å². The number of nitrogens with one attached hydrogen (secondary N) is 1. The second-order valence-corrected chi connectivity index (χ2v) is 8.26. The number of aryl methyl sites for hydroxylation is 1. The van der Waals surface area contributed by atoms with Crippen LogP contribution in [0.5, 0.6) is 0 Å². The zero-order valence-corrected chi connectivity index (χ0v) is 19.0. The molecule has 0 fully saturated rings. The fourth-order valence-corrected chi connectivity index (χ4v) is 4.02. The van der Waals surface area contributed by atoms with Crippen LogP contribution in [-0.2, 0) is 6.54 Å². The molecule has 158 valence electrons. The SMILES string of the molecule is Cc1nn(-c2ccccc2)c(C)c1C(=O)Nc1nn(Cc2ccc(Cl)cc2Cl)cc1Cl. The van der Waals surface area contributed by atoms with Gasteiger partial charge in [-0.2, -0.15) is 10.2 Å². The van der Waals surface area contributed by atoms with Gasteiger partial charge in [0.25, 0.3) is 5.91 Å². The molecule has 0 saturated heterocycles. The Morgan fingerprint density at radius 1 is 1.00 bits per heavy atom. The Bertz CT molecular complexity index is 1260. The van der Waals surface area contributed by atoms with Crippen LogP contribution in [0, 0.1) is 13.8 Å². The van der Waals surface area contributed by atoms with Gasteiger partial charge in [0.15, 0.2) is 5.82 Å². The molecule has 6 nitrogen and oxygen atoms in total. The van der Waals surface area contributed by atoms with Crippen LogP contribution in [0.25, 0.3) is 5.69 Å². The molecule has 2 aromatic carbocycles. The lowest BCUT2D eigenvalue weighted by atomic mass is 10.2. The molecule has 2 heterocycles. The smallest absolute Gasteiger partial charge is 0.260 e. The van der Waals surface area contributed by atoms with Crippen molar-refractivity contribution in [2.24, 2.45) is 0 Å². The number of amides is 1. The Kier molecular flexibility index (Phi) is 6.05. The number of hydrogen-bond acceptors (Lipinski definition) is 3. The number of carbonyl (C=O) groups is 1. The number of hydrogen-bond donors (Lipinski definition) is 1. The number of benzene rings is 2. The standard InChI is InChI=1S/C22H18Cl3N5O/c1-13-20(14(2)30(27-13)17-6-4-3-5-7-17)22(31)26-21-19(25)12-29(28-21)11-15-8-9-16(23)10-18(15)24/h3-10,12H,11H2,1-2H3,(H,26,28,31). The van der Waals surface area contributed by atoms with E-state index in [4.69, 9.17) is 34.8 Å². The van der Waals surface area contributed by atoms with Crippen molar-refractivity contribution in [3.8, 4) is 5.69 Å². The largest absolute Gasteiger partial charge is 0.304 e. The zero-order valence-electron chi connectivity index (χ0n) is 16.7. The molecule has 4 aromatic rings. The van der Waals surface area contributed by atoms with Gasteiger partial charge in [-0.1, -0.05) is 59.1 Å². The van der Waals surface area contributed by atoms with Crippen molar-refractivity contribution in [3.05, 3.63) is 92.3 Å². The lowest BCUT2D eigenvalue weighted by Crippen LogP contribution is -2.15. The highest BCUT2D eigenvalue weighted by Gasteiger charge is 2.21. The molecule has 4 rings (SSSR count). The average molecular weight is 475 g/mol. The molecule has 0 aliphatic rings. The van der Waals surface area contributed by atoms with Crippen molar-refractivity contribution in [1.29, 1.82) is 0 Å². The van der Waals surface area contributed by atoms with E-state index in [1.807, 2.05) is 43.3 Å². The van der Waals surface area contributed by atoms with Crippen LogP contribution in [0.15, 0.2) is 54.7 Å². The van der Waals surface area contributed by atoms with Crippen molar-refractivity contribution >= 4 is 46.5 Å². The van der Waals surface area contributed by atoms with Crippen molar-refractivity contribution in [3.63, 3.8) is 0 Å². The second kappa shape index (κ2) is 8.75. The predicted octanol–water partition coefficient (Wildman–Crippen LogP) is 5.95. The highest BCUT2D eigenvalue weighted by Crippen LogP contribution is 2.25. The molecular weight excluding hydrogens is 457 g/mol. The summed E-state index contributed by atoms with van der Waals surface area (Å²) >= 11 is 18.5. The number of rotatable bonds is 5. The van der Waals surface area contributed by atoms with Gasteiger partial charge >= 0.3 is 0 Å². The Morgan fingerprint density at radius 2 is 1.74 bits per heavy atom. The quantitative estimate of drug-likeness (QED) is 0.389. The minimum Gasteiger partial charge on any atom is -0.304 e.